The Morgan fingerprint density at radius 2 is 2.31 bits per heavy atom. The first-order chi connectivity index (χ1) is 7.70. The van der Waals surface area contributed by atoms with Crippen LogP contribution in [0.4, 0.5) is 0 Å². The van der Waals surface area contributed by atoms with Crippen molar-refractivity contribution in [3.05, 3.63) is 23.4 Å². The SMILES string of the molecule is CCCCN1CC(O)CC2CC=C(C)C=C21. The van der Waals surface area contributed by atoms with Crippen LogP contribution in [0, 0.1) is 5.92 Å². The first-order valence-electron chi connectivity index (χ1n) is 6.52. The molecule has 16 heavy (non-hydrogen) atoms. The number of hydrogen-bond acceptors (Lipinski definition) is 2. The molecule has 2 aliphatic rings. The van der Waals surface area contributed by atoms with Gasteiger partial charge in [-0.1, -0.05) is 25.0 Å². The van der Waals surface area contributed by atoms with Gasteiger partial charge in [-0.15, -0.1) is 0 Å². The van der Waals surface area contributed by atoms with Gasteiger partial charge in [0, 0.05) is 24.7 Å². The molecule has 2 atom stereocenters. The lowest BCUT2D eigenvalue weighted by atomic mass is 9.84. The Balaban J connectivity index is 2.11. The Kier molecular flexibility index (Phi) is 3.70. The van der Waals surface area contributed by atoms with Gasteiger partial charge in [0.2, 0.25) is 0 Å². The molecule has 0 aromatic carbocycles. The summed E-state index contributed by atoms with van der Waals surface area (Å²) in [6, 6.07) is 0. The fourth-order valence-electron chi connectivity index (χ4n) is 2.76. The first-order valence-corrected chi connectivity index (χ1v) is 6.52. The van der Waals surface area contributed by atoms with E-state index in [1.807, 2.05) is 0 Å². The number of fused-ring (bicyclic) bond motifs is 1. The van der Waals surface area contributed by atoms with Crippen molar-refractivity contribution >= 4 is 0 Å². The zero-order valence-electron chi connectivity index (χ0n) is 10.4. The number of rotatable bonds is 3. The van der Waals surface area contributed by atoms with E-state index in [9.17, 15) is 5.11 Å². The molecule has 1 aliphatic carbocycles. The average Bonchev–Trinajstić information content (AvgIpc) is 2.26. The van der Waals surface area contributed by atoms with Crippen LogP contribution >= 0.6 is 0 Å². The van der Waals surface area contributed by atoms with E-state index >= 15 is 0 Å². The number of unbranched alkanes of at least 4 members (excludes halogenated alkanes) is 1. The second kappa shape index (κ2) is 5.05. The Morgan fingerprint density at radius 1 is 1.50 bits per heavy atom. The number of nitrogens with zero attached hydrogens (tertiary/aromatic N) is 1. The highest BCUT2D eigenvalue weighted by Gasteiger charge is 2.30. The van der Waals surface area contributed by atoms with Crippen LogP contribution in [0.5, 0.6) is 0 Å². The maximum absolute atomic E-state index is 9.89. The summed E-state index contributed by atoms with van der Waals surface area (Å²) < 4.78 is 0. The summed E-state index contributed by atoms with van der Waals surface area (Å²) in [5.74, 6) is 0.560. The molecule has 90 valence electrons. The fraction of sp³-hybridized carbons (Fsp3) is 0.714. The van der Waals surface area contributed by atoms with Gasteiger partial charge < -0.3 is 10.0 Å². The monoisotopic (exact) mass is 221 g/mol. The summed E-state index contributed by atoms with van der Waals surface area (Å²) in [6.07, 6.45) is 8.97. The van der Waals surface area contributed by atoms with E-state index in [1.54, 1.807) is 0 Å². The molecular weight excluding hydrogens is 198 g/mol. The van der Waals surface area contributed by atoms with Gasteiger partial charge in [-0.2, -0.15) is 0 Å². The van der Waals surface area contributed by atoms with Crippen molar-refractivity contribution in [3.8, 4) is 0 Å². The van der Waals surface area contributed by atoms with E-state index in [-0.39, 0.29) is 6.10 Å². The summed E-state index contributed by atoms with van der Waals surface area (Å²) in [5.41, 5.74) is 2.85. The predicted octanol–water partition coefficient (Wildman–Crippen LogP) is 2.70. The Bertz CT molecular complexity index is 306. The molecular formula is C14H23NO. The summed E-state index contributed by atoms with van der Waals surface area (Å²) in [6.45, 7) is 6.32. The van der Waals surface area contributed by atoms with Crippen molar-refractivity contribution < 1.29 is 5.11 Å². The van der Waals surface area contributed by atoms with Crippen LogP contribution in [-0.4, -0.2) is 29.2 Å². The molecule has 1 N–H and O–H groups in total. The fourth-order valence-corrected chi connectivity index (χ4v) is 2.76. The zero-order valence-corrected chi connectivity index (χ0v) is 10.4. The number of hydrogen-bond donors (Lipinski definition) is 1. The van der Waals surface area contributed by atoms with E-state index < -0.39 is 0 Å². The maximum atomic E-state index is 9.89. The lowest BCUT2D eigenvalue weighted by Gasteiger charge is -2.41. The first kappa shape index (κ1) is 11.7. The van der Waals surface area contributed by atoms with Crippen LogP contribution in [0.2, 0.25) is 0 Å². The highest BCUT2D eigenvalue weighted by Crippen LogP contribution is 2.34. The van der Waals surface area contributed by atoms with Crippen molar-refractivity contribution in [2.75, 3.05) is 13.1 Å². The molecule has 2 rings (SSSR count). The molecule has 0 saturated carbocycles. The smallest absolute Gasteiger partial charge is 0.0721 e. The van der Waals surface area contributed by atoms with E-state index in [2.05, 4.69) is 30.9 Å². The molecule has 1 aliphatic heterocycles. The number of allylic oxidation sites excluding steroid dienone is 4. The van der Waals surface area contributed by atoms with Gasteiger partial charge in [0.1, 0.15) is 0 Å². The molecule has 0 bridgehead atoms. The minimum Gasteiger partial charge on any atom is -0.391 e. The number of likely N-dealkylation sites (tertiary alicyclic amines) is 1. The molecule has 0 aromatic heterocycles. The third-order valence-electron chi connectivity index (χ3n) is 3.65. The quantitative estimate of drug-likeness (QED) is 0.792. The molecule has 0 radical (unpaired) electrons. The molecule has 2 heteroatoms. The highest BCUT2D eigenvalue weighted by atomic mass is 16.3. The van der Waals surface area contributed by atoms with E-state index in [0.717, 1.165) is 25.9 Å². The van der Waals surface area contributed by atoms with Gasteiger partial charge in [0.15, 0.2) is 0 Å². The van der Waals surface area contributed by atoms with Crippen molar-refractivity contribution in [1.82, 2.24) is 4.90 Å². The molecule has 0 amide bonds. The van der Waals surface area contributed by atoms with Crippen LogP contribution in [0.3, 0.4) is 0 Å². The minimum absolute atomic E-state index is 0.134. The third-order valence-corrected chi connectivity index (χ3v) is 3.65. The maximum Gasteiger partial charge on any atom is 0.0721 e. The van der Waals surface area contributed by atoms with Crippen molar-refractivity contribution in [3.63, 3.8) is 0 Å². The van der Waals surface area contributed by atoms with Crippen molar-refractivity contribution in [2.24, 2.45) is 5.92 Å². The number of β-amino-alcohol motifs (C(OH)–C–C–N with tert-alkyl or cyclic N) is 1. The van der Waals surface area contributed by atoms with Gasteiger partial charge in [-0.3, -0.25) is 0 Å². The number of aliphatic hydroxyl groups excluding tert-OH is 1. The average molecular weight is 221 g/mol. The summed E-state index contributed by atoms with van der Waals surface area (Å²) in [4.78, 5) is 2.40. The Morgan fingerprint density at radius 3 is 3.06 bits per heavy atom. The lowest BCUT2D eigenvalue weighted by molar-refractivity contribution is 0.0686. The lowest BCUT2D eigenvalue weighted by Crippen LogP contribution is -2.42. The summed E-state index contributed by atoms with van der Waals surface area (Å²) in [5, 5.41) is 9.89. The van der Waals surface area contributed by atoms with Gasteiger partial charge in [0.05, 0.1) is 6.10 Å². The van der Waals surface area contributed by atoms with E-state index in [0.29, 0.717) is 5.92 Å². The third kappa shape index (κ3) is 2.49. The normalized spacial score (nSPS) is 29.6. The second-order valence-corrected chi connectivity index (χ2v) is 5.14. The molecule has 0 aromatic rings. The minimum atomic E-state index is -0.134. The van der Waals surface area contributed by atoms with Crippen molar-refractivity contribution in [1.29, 1.82) is 0 Å². The molecule has 1 heterocycles. The van der Waals surface area contributed by atoms with E-state index in [4.69, 9.17) is 0 Å². The molecule has 1 fully saturated rings. The van der Waals surface area contributed by atoms with Gasteiger partial charge in [-0.05, 0) is 32.3 Å². The Labute approximate surface area is 98.6 Å². The Hall–Kier alpha value is -0.760. The van der Waals surface area contributed by atoms with Crippen molar-refractivity contribution in [2.45, 2.75) is 45.6 Å². The second-order valence-electron chi connectivity index (χ2n) is 5.14. The highest BCUT2D eigenvalue weighted by molar-refractivity contribution is 5.29. The topological polar surface area (TPSA) is 23.5 Å². The summed E-state index contributed by atoms with van der Waals surface area (Å²) in [7, 11) is 0. The zero-order chi connectivity index (χ0) is 11.5. The van der Waals surface area contributed by atoms with Crippen LogP contribution < -0.4 is 0 Å². The molecule has 2 nitrogen and oxygen atoms in total. The number of aliphatic hydroxyl groups is 1. The largest absolute Gasteiger partial charge is 0.391 e. The van der Waals surface area contributed by atoms with E-state index in [1.165, 1.54) is 24.1 Å². The van der Waals surface area contributed by atoms with Crippen LogP contribution in [0.25, 0.3) is 0 Å². The van der Waals surface area contributed by atoms with Gasteiger partial charge >= 0.3 is 0 Å². The van der Waals surface area contributed by atoms with Crippen LogP contribution in [0.1, 0.15) is 39.5 Å². The molecule has 2 unspecified atom stereocenters. The standard InChI is InChI=1S/C14H23NO/c1-3-4-7-15-10-13(16)9-12-6-5-11(2)8-14(12)15/h5,8,12-13,16H,3-4,6-7,9-10H2,1-2H3. The summed E-state index contributed by atoms with van der Waals surface area (Å²) >= 11 is 0. The van der Waals surface area contributed by atoms with Gasteiger partial charge in [-0.25, -0.2) is 0 Å². The predicted molar refractivity (Wildman–Crippen MR) is 67.1 cm³/mol. The van der Waals surface area contributed by atoms with Crippen LogP contribution in [-0.2, 0) is 0 Å². The number of piperidine rings is 1. The van der Waals surface area contributed by atoms with Gasteiger partial charge in [0.25, 0.3) is 0 Å². The molecule has 1 saturated heterocycles. The molecule has 0 spiro atoms. The van der Waals surface area contributed by atoms with Crippen LogP contribution in [0.15, 0.2) is 23.4 Å².